The third-order valence-corrected chi connectivity index (χ3v) is 5.69. The van der Waals surface area contributed by atoms with E-state index in [2.05, 4.69) is 11.7 Å². The Morgan fingerprint density at radius 1 is 0.735 bits per heavy atom. The van der Waals surface area contributed by atoms with Crippen molar-refractivity contribution in [2.45, 2.75) is 116 Å². The van der Waals surface area contributed by atoms with Gasteiger partial charge in [-0.15, -0.1) is 0 Å². The molecule has 7 heteroatoms. The number of unbranched alkanes of at least 4 members (excludes halogenated alkanes) is 12. The van der Waals surface area contributed by atoms with E-state index in [9.17, 15) is 22.8 Å². The summed E-state index contributed by atoms with van der Waals surface area (Å²) < 4.78 is 49.3. The summed E-state index contributed by atoms with van der Waals surface area (Å²) in [6.45, 7) is 2.50. The average molecular weight is 487 g/mol. The van der Waals surface area contributed by atoms with Crippen molar-refractivity contribution in [1.29, 1.82) is 0 Å². The Kier molecular flexibility index (Phi) is 16.1. The molecule has 1 unspecified atom stereocenters. The van der Waals surface area contributed by atoms with Gasteiger partial charge in [-0.05, 0) is 6.42 Å². The maximum Gasteiger partial charge on any atom is 0.429 e. The molecule has 0 aliphatic rings. The highest BCUT2D eigenvalue weighted by molar-refractivity contribution is 5.77. The van der Waals surface area contributed by atoms with Crippen molar-refractivity contribution in [3.8, 4) is 0 Å². The summed E-state index contributed by atoms with van der Waals surface area (Å²) in [6.07, 6.45) is 8.02. The van der Waals surface area contributed by atoms with Crippen LogP contribution < -0.4 is 0 Å². The van der Waals surface area contributed by atoms with Crippen LogP contribution in [0, 0.1) is 0 Å². The fourth-order valence-corrected chi connectivity index (χ4v) is 3.72. The van der Waals surface area contributed by atoms with Crippen molar-refractivity contribution >= 4 is 11.9 Å². The molecule has 0 saturated heterocycles. The van der Waals surface area contributed by atoms with E-state index in [4.69, 9.17) is 4.74 Å². The van der Waals surface area contributed by atoms with Gasteiger partial charge in [0.2, 0.25) is 6.10 Å². The highest BCUT2D eigenvalue weighted by Crippen LogP contribution is 2.36. The van der Waals surface area contributed by atoms with E-state index in [1.165, 1.54) is 88.5 Å². The lowest BCUT2D eigenvalue weighted by Gasteiger charge is -2.21. The molecule has 0 bridgehead atoms. The van der Waals surface area contributed by atoms with Crippen LogP contribution in [0.4, 0.5) is 13.2 Å². The number of carbonyl (C=O) groups excluding carboxylic acids is 2. The Bertz CT molecular complexity index is 662. The number of benzene rings is 1. The zero-order chi connectivity index (χ0) is 25.1. The number of rotatable bonds is 19. The number of esters is 2. The Morgan fingerprint density at radius 2 is 1.21 bits per heavy atom. The molecule has 1 rings (SSSR count). The molecule has 0 saturated carbocycles. The predicted molar refractivity (Wildman–Crippen MR) is 127 cm³/mol. The molecule has 0 aliphatic carbocycles. The SMILES string of the molecule is CCCCCCCCCCCCCCCOC(=O)CCC(=O)OC(c1ccccc1)C(F)(F)F. The summed E-state index contributed by atoms with van der Waals surface area (Å²) in [7, 11) is 0. The average Bonchev–Trinajstić information content (AvgIpc) is 2.81. The maximum atomic E-state index is 13.2. The molecule has 1 aromatic rings. The second-order valence-electron chi connectivity index (χ2n) is 8.79. The molecule has 0 spiro atoms. The second-order valence-corrected chi connectivity index (χ2v) is 8.79. The van der Waals surface area contributed by atoms with Gasteiger partial charge >= 0.3 is 18.1 Å². The van der Waals surface area contributed by atoms with Crippen molar-refractivity contribution < 1.29 is 32.2 Å². The van der Waals surface area contributed by atoms with Gasteiger partial charge in [-0.3, -0.25) is 9.59 Å². The fraction of sp³-hybridized carbons (Fsp3) is 0.704. The summed E-state index contributed by atoms with van der Waals surface area (Å²) in [5, 5.41) is 0. The van der Waals surface area contributed by atoms with E-state index in [0.29, 0.717) is 0 Å². The normalized spacial score (nSPS) is 12.4. The third-order valence-electron chi connectivity index (χ3n) is 5.69. The number of hydrogen-bond acceptors (Lipinski definition) is 4. The van der Waals surface area contributed by atoms with E-state index < -0.39 is 30.6 Å². The van der Waals surface area contributed by atoms with Crippen LogP contribution in [0.3, 0.4) is 0 Å². The maximum absolute atomic E-state index is 13.2. The molecule has 194 valence electrons. The van der Waals surface area contributed by atoms with Crippen LogP contribution in [-0.4, -0.2) is 24.7 Å². The van der Waals surface area contributed by atoms with Crippen LogP contribution in [0.25, 0.3) is 0 Å². The Labute approximate surface area is 202 Å². The summed E-state index contributed by atoms with van der Waals surface area (Å²) in [5.41, 5.74) is -0.159. The largest absolute Gasteiger partial charge is 0.466 e. The summed E-state index contributed by atoms with van der Waals surface area (Å²) >= 11 is 0. The number of ether oxygens (including phenoxy) is 2. The van der Waals surface area contributed by atoms with Gasteiger partial charge in [0.25, 0.3) is 0 Å². The van der Waals surface area contributed by atoms with Crippen molar-refractivity contribution in [3.05, 3.63) is 35.9 Å². The van der Waals surface area contributed by atoms with E-state index in [-0.39, 0.29) is 18.6 Å². The standard InChI is InChI=1S/C27H41F3O4/c1-2-3-4-5-6-7-8-9-10-11-12-13-17-22-33-24(31)20-21-25(32)34-26(27(28,29)30)23-18-15-14-16-19-23/h14-16,18-19,26H,2-13,17,20-22H2,1H3. The van der Waals surface area contributed by atoms with Crippen LogP contribution >= 0.6 is 0 Å². The summed E-state index contributed by atoms with van der Waals surface area (Å²) in [4.78, 5) is 23.6. The van der Waals surface area contributed by atoms with E-state index >= 15 is 0 Å². The molecule has 1 atom stereocenters. The third kappa shape index (κ3) is 15.0. The molecule has 1 aromatic carbocycles. The fourth-order valence-electron chi connectivity index (χ4n) is 3.72. The molecular weight excluding hydrogens is 445 g/mol. The topological polar surface area (TPSA) is 52.6 Å². The predicted octanol–water partition coefficient (Wildman–Crippen LogP) is 8.25. The zero-order valence-electron chi connectivity index (χ0n) is 20.5. The Hall–Kier alpha value is -2.05. The Morgan fingerprint density at radius 3 is 1.71 bits per heavy atom. The van der Waals surface area contributed by atoms with Gasteiger partial charge in [-0.1, -0.05) is 114 Å². The minimum Gasteiger partial charge on any atom is -0.466 e. The highest BCUT2D eigenvalue weighted by Gasteiger charge is 2.44. The van der Waals surface area contributed by atoms with Gasteiger partial charge in [0.1, 0.15) is 0 Å². The smallest absolute Gasteiger partial charge is 0.429 e. The zero-order valence-corrected chi connectivity index (χ0v) is 20.5. The molecular formula is C27H41F3O4. The lowest BCUT2D eigenvalue weighted by molar-refractivity contribution is -0.224. The number of alkyl halides is 3. The number of halogens is 3. The summed E-state index contributed by atoms with van der Waals surface area (Å²) in [6, 6.07) is 6.95. The molecule has 34 heavy (non-hydrogen) atoms. The first-order chi connectivity index (χ1) is 16.3. The van der Waals surface area contributed by atoms with Gasteiger partial charge in [0.15, 0.2) is 0 Å². The Balaban J connectivity index is 2.04. The van der Waals surface area contributed by atoms with Gasteiger partial charge < -0.3 is 9.47 Å². The van der Waals surface area contributed by atoms with Crippen LogP contribution in [0.2, 0.25) is 0 Å². The lowest BCUT2D eigenvalue weighted by Crippen LogP contribution is -2.26. The van der Waals surface area contributed by atoms with Crippen molar-refractivity contribution in [2.75, 3.05) is 6.61 Å². The van der Waals surface area contributed by atoms with E-state index in [1.54, 1.807) is 6.07 Å². The second kappa shape index (κ2) is 18.3. The van der Waals surface area contributed by atoms with Crippen molar-refractivity contribution in [1.82, 2.24) is 0 Å². The van der Waals surface area contributed by atoms with E-state index in [0.717, 1.165) is 19.3 Å². The van der Waals surface area contributed by atoms with Crippen LogP contribution in [-0.2, 0) is 19.1 Å². The first kappa shape index (κ1) is 30.0. The molecule has 0 N–H and O–H groups in total. The first-order valence-corrected chi connectivity index (χ1v) is 12.8. The molecule has 0 amide bonds. The van der Waals surface area contributed by atoms with Gasteiger partial charge in [-0.25, -0.2) is 0 Å². The van der Waals surface area contributed by atoms with E-state index in [1.807, 2.05) is 0 Å². The molecule has 0 aromatic heterocycles. The van der Waals surface area contributed by atoms with Crippen LogP contribution in [0.15, 0.2) is 30.3 Å². The number of carbonyl (C=O) groups is 2. The van der Waals surface area contributed by atoms with Crippen molar-refractivity contribution in [2.24, 2.45) is 0 Å². The van der Waals surface area contributed by atoms with Crippen LogP contribution in [0.1, 0.15) is 115 Å². The first-order valence-electron chi connectivity index (χ1n) is 12.8. The quantitative estimate of drug-likeness (QED) is 0.146. The van der Waals surface area contributed by atoms with Gasteiger partial charge in [0.05, 0.1) is 19.4 Å². The van der Waals surface area contributed by atoms with Gasteiger partial charge in [-0.2, -0.15) is 13.2 Å². The molecule has 0 radical (unpaired) electrons. The minimum atomic E-state index is -4.73. The molecule has 0 fully saturated rings. The number of hydrogen-bond donors (Lipinski definition) is 0. The molecule has 4 nitrogen and oxygen atoms in total. The lowest BCUT2D eigenvalue weighted by atomic mass is 10.0. The highest BCUT2D eigenvalue weighted by atomic mass is 19.4. The van der Waals surface area contributed by atoms with Crippen molar-refractivity contribution in [3.63, 3.8) is 0 Å². The van der Waals surface area contributed by atoms with Crippen LogP contribution in [0.5, 0.6) is 0 Å². The molecule has 0 heterocycles. The monoisotopic (exact) mass is 486 g/mol. The molecule has 0 aliphatic heterocycles. The van der Waals surface area contributed by atoms with Gasteiger partial charge in [0, 0.05) is 5.56 Å². The summed E-state index contributed by atoms with van der Waals surface area (Å²) in [5.74, 6) is -1.68. The minimum absolute atomic E-state index is 0.159.